The number of hydrogen-bond donors (Lipinski definition) is 2. The first kappa shape index (κ1) is 17.4. The second kappa shape index (κ2) is 7.64. The van der Waals surface area contributed by atoms with Gasteiger partial charge in [0.15, 0.2) is 0 Å². The lowest BCUT2D eigenvalue weighted by Gasteiger charge is -2.10. The van der Waals surface area contributed by atoms with Crippen LogP contribution in [0.2, 0.25) is 5.02 Å². The third-order valence-corrected chi connectivity index (χ3v) is 3.87. The van der Waals surface area contributed by atoms with E-state index in [2.05, 4.69) is 26.7 Å². The van der Waals surface area contributed by atoms with Crippen LogP contribution in [0, 0.1) is 18.3 Å². The average molecular weight is 364 g/mol. The van der Waals surface area contributed by atoms with Crippen LogP contribution in [0.5, 0.6) is 0 Å². The van der Waals surface area contributed by atoms with Crippen LogP contribution in [-0.4, -0.2) is 15.9 Å². The predicted molar refractivity (Wildman–Crippen MR) is 101 cm³/mol. The topological polar surface area (TPSA) is 90.7 Å². The second-order valence-corrected chi connectivity index (χ2v) is 5.90. The number of amides is 1. The molecule has 0 aliphatic heterocycles. The average Bonchev–Trinajstić information content (AvgIpc) is 2.65. The summed E-state index contributed by atoms with van der Waals surface area (Å²) in [6, 6.07) is 15.8. The summed E-state index contributed by atoms with van der Waals surface area (Å²) in [5.41, 5.74) is 2.72. The van der Waals surface area contributed by atoms with Crippen molar-refractivity contribution in [2.45, 2.75) is 6.92 Å². The summed E-state index contributed by atoms with van der Waals surface area (Å²) < 4.78 is 0. The zero-order valence-corrected chi connectivity index (χ0v) is 14.6. The zero-order valence-electron chi connectivity index (χ0n) is 13.8. The van der Waals surface area contributed by atoms with E-state index < -0.39 is 0 Å². The van der Waals surface area contributed by atoms with Crippen molar-refractivity contribution in [1.29, 1.82) is 5.26 Å². The van der Waals surface area contributed by atoms with Gasteiger partial charge in [0.2, 0.25) is 5.95 Å². The molecule has 128 valence electrons. The number of rotatable bonds is 4. The minimum absolute atomic E-state index is 0.191. The van der Waals surface area contributed by atoms with E-state index in [0.717, 1.165) is 5.56 Å². The summed E-state index contributed by atoms with van der Waals surface area (Å²) in [5, 5.41) is 15.4. The monoisotopic (exact) mass is 363 g/mol. The van der Waals surface area contributed by atoms with E-state index in [1.54, 1.807) is 36.4 Å². The lowest BCUT2D eigenvalue weighted by molar-refractivity contribution is 0.102. The molecule has 3 aromatic rings. The molecule has 6 nitrogen and oxygen atoms in total. The number of aromatic nitrogens is 2. The number of carbonyl (C=O) groups is 1. The molecule has 0 aliphatic rings. The molecule has 1 amide bonds. The first-order valence-electron chi connectivity index (χ1n) is 7.73. The van der Waals surface area contributed by atoms with Crippen LogP contribution in [-0.2, 0) is 0 Å². The zero-order chi connectivity index (χ0) is 18.5. The molecule has 0 spiro atoms. The molecule has 0 saturated carbocycles. The van der Waals surface area contributed by atoms with Crippen molar-refractivity contribution in [1.82, 2.24) is 9.97 Å². The van der Waals surface area contributed by atoms with Crippen molar-refractivity contribution in [2.75, 3.05) is 10.6 Å². The number of nitrogens with zero attached hydrogens (tertiary/aromatic N) is 3. The lowest BCUT2D eigenvalue weighted by atomic mass is 10.2. The van der Waals surface area contributed by atoms with Crippen molar-refractivity contribution < 1.29 is 4.79 Å². The third kappa shape index (κ3) is 3.97. The van der Waals surface area contributed by atoms with Gasteiger partial charge >= 0.3 is 0 Å². The molecule has 1 heterocycles. The van der Waals surface area contributed by atoms with Crippen LogP contribution < -0.4 is 10.6 Å². The summed E-state index contributed by atoms with van der Waals surface area (Å²) in [7, 11) is 0. The Morgan fingerprint density at radius 3 is 2.77 bits per heavy atom. The van der Waals surface area contributed by atoms with E-state index in [1.165, 1.54) is 12.3 Å². The summed E-state index contributed by atoms with van der Waals surface area (Å²) in [6.07, 6.45) is 1.48. The number of aryl methyl sites for hydroxylation is 1. The van der Waals surface area contributed by atoms with Crippen LogP contribution in [0.25, 0.3) is 0 Å². The molecule has 0 saturated heterocycles. The molecule has 1 aromatic heterocycles. The van der Waals surface area contributed by atoms with Crippen molar-refractivity contribution >= 4 is 34.8 Å². The second-order valence-electron chi connectivity index (χ2n) is 5.46. The van der Waals surface area contributed by atoms with Gasteiger partial charge in [-0.1, -0.05) is 29.8 Å². The molecule has 0 bridgehead atoms. The number of carbonyl (C=O) groups excluding carboxylic acids is 1. The molecule has 2 aromatic carbocycles. The number of hydrogen-bond acceptors (Lipinski definition) is 5. The van der Waals surface area contributed by atoms with E-state index in [4.69, 9.17) is 16.9 Å². The van der Waals surface area contributed by atoms with E-state index in [0.29, 0.717) is 22.0 Å². The molecule has 0 atom stereocenters. The van der Waals surface area contributed by atoms with Crippen molar-refractivity contribution in [3.05, 3.63) is 76.6 Å². The van der Waals surface area contributed by atoms with Gasteiger partial charge in [0.25, 0.3) is 5.91 Å². The predicted octanol–water partition coefficient (Wildman–Crippen LogP) is 4.31. The van der Waals surface area contributed by atoms with Gasteiger partial charge in [-0.25, -0.2) is 9.97 Å². The summed E-state index contributed by atoms with van der Waals surface area (Å²) in [5.74, 6) is -0.155. The van der Waals surface area contributed by atoms with Gasteiger partial charge in [-0.3, -0.25) is 4.79 Å². The van der Waals surface area contributed by atoms with Crippen LogP contribution in [0.3, 0.4) is 0 Å². The quantitative estimate of drug-likeness (QED) is 0.720. The third-order valence-electron chi connectivity index (χ3n) is 3.63. The normalized spacial score (nSPS) is 10.0. The van der Waals surface area contributed by atoms with Gasteiger partial charge in [-0.15, -0.1) is 0 Å². The van der Waals surface area contributed by atoms with E-state index >= 15 is 0 Å². The van der Waals surface area contributed by atoms with Crippen LogP contribution >= 0.6 is 11.6 Å². The highest BCUT2D eigenvalue weighted by Crippen LogP contribution is 2.21. The fraction of sp³-hybridized carbons (Fsp3) is 0.0526. The minimum Gasteiger partial charge on any atom is -0.323 e. The summed E-state index contributed by atoms with van der Waals surface area (Å²) in [6.45, 7) is 1.87. The molecule has 2 N–H and O–H groups in total. The molecule has 26 heavy (non-hydrogen) atoms. The minimum atomic E-state index is -0.380. The Bertz CT molecular complexity index is 1010. The molecule has 0 radical (unpaired) electrons. The van der Waals surface area contributed by atoms with Crippen molar-refractivity contribution in [3.8, 4) is 6.07 Å². The number of benzene rings is 2. The highest BCUT2D eigenvalue weighted by atomic mass is 35.5. The number of anilines is 3. The van der Waals surface area contributed by atoms with Crippen LogP contribution in [0.1, 0.15) is 21.6 Å². The number of nitrogens with one attached hydrogen (secondary N) is 2. The Hall–Kier alpha value is -3.43. The van der Waals surface area contributed by atoms with Gasteiger partial charge in [0.1, 0.15) is 11.8 Å². The van der Waals surface area contributed by atoms with Crippen LogP contribution in [0.15, 0.2) is 54.7 Å². The Morgan fingerprint density at radius 2 is 1.96 bits per heavy atom. The molecular weight excluding hydrogens is 350 g/mol. The summed E-state index contributed by atoms with van der Waals surface area (Å²) >= 11 is 5.98. The van der Waals surface area contributed by atoms with E-state index in [9.17, 15) is 4.79 Å². The van der Waals surface area contributed by atoms with E-state index in [1.807, 2.05) is 13.0 Å². The maximum Gasteiger partial charge on any atom is 0.274 e. The van der Waals surface area contributed by atoms with Gasteiger partial charge in [-0.05, 0) is 42.8 Å². The molecule has 0 unspecified atom stereocenters. The summed E-state index contributed by atoms with van der Waals surface area (Å²) in [4.78, 5) is 20.8. The largest absolute Gasteiger partial charge is 0.323 e. The Morgan fingerprint density at radius 1 is 1.15 bits per heavy atom. The Balaban J connectivity index is 1.82. The maximum atomic E-state index is 12.5. The first-order valence-corrected chi connectivity index (χ1v) is 8.11. The molecule has 3 rings (SSSR count). The first-order chi connectivity index (χ1) is 12.6. The highest BCUT2D eigenvalue weighted by Gasteiger charge is 2.12. The van der Waals surface area contributed by atoms with Gasteiger partial charge in [0.05, 0.1) is 11.3 Å². The standard InChI is InChI=1S/C19H14ClN5O/c1-12-6-7-14(20)10-17(12)23-18(26)16-8-9-22-19(25-16)24-15-5-3-2-4-13(15)11-21/h2-10H,1H3,(H,23,26)(H,22,24,25). The fourth-order valence-corrected chi connectivity index (χ4v) is 2.44. The van der Waals surface area contributed by atoms with E-state index in [-0.39, 0.29) is 17.5 Å². The van der Waals surface area contributed by atoms with Crippen LogP contribution in [0.4, 0.5) is 17.3 Å². The van der Waals surface area contributed by atoms with Crippen molar-refractivity contribution in [2.24, 2.45) is 0 Å². The number of para-hydroxylation sites is 1. The smallest absolute Gasteiger partial charge is 0.274 e. The lowest BCUT2D eigenvalue weighted by Crippen LogP contribution is -2.15. The van der Waals surface area contributed by atoms with Crippen molar-refractivity contribution in [3.63, 3.8) is 0 Å². The van der Waals surface area contributed by atoms with Gasteiger partial charge in [0, 0.05) is 16.9 Å². The SMILES string of the molecule is Cc1ccc(Cl)cc1NC(=O)c1ccnc(Nc2ccccc2C#N)n1. The molecule has 0 fully saturated rings. The fourth-order valence-electron chi connectivity index (χ4n) is 2.27. The molecule has 7 heteroatoms. The number of halogens is 1. The molecular formula is C19H14ClN5O. The van der Waals surface area contributed by atoms with Gasteiger partial charge in [-0.2, -0.15) is 5.26 Å². The Kier molecular flexibility index (Phi) is 5.11. The Labute approximate surface area is 155 Å². The molecule has 0 aliphatic carbocycles. The number of nitriles is 1. The maximum absolute atomic E-state index is 12.5. The highest BCUT2D eigenvalue weighted by molar-refractivity contribution is 6.31. The van der Waals surface area contributed by atoms with Gasteiger partial charge < -0.3 is 10.6 Å².